The second kappa shape index (κ2) is 9.63. The maximum Gasteiger partial charge on any atom is 0.272 e. The molecular weight excluding hydrogens is 406 g/mol. The quantitative estimate of drug-likeness (QED) is 0.792. The third kappa shape index (κ3) is 4.89. The van der Waals surface area contributed by atoms with E-state index in [9.17, 15) is 14.4 Å². The van der Waals surface area contributed by atoms with Gasteiger partial charge in [-0.15, -0.1) is 0 Å². The highest BCUT2D eigenvalue weighted by atomic mass is 16.2. The minimum atomic E-state index is -0.154. The Balaban J connectivity index is 1.46. The first-order valence-corrected chi connectivity index (χ1v) is 11.5. The lowest BCUT2D eigenvalue weighted by Crippen LogP contribution is -2.41. The Hall–Kier alpha value is -3.03. The van der Waals surface area contributed by atoms with E-state index in [1.54, 1.807) is 24.4 Å². The van der Waals surface area contributed by atoms with E-state index in [4.69, 9.17) is 4.98 Å². The van der Waals surface area contributed by atoms with Gasteiger partial charge in [0.25, 0.3) is 11.5 Å². The Morgan fingerprint density at radius 3 is 2.53 bits per heavy atom. The summed E-state index contributed by atoms with van der Waals surface area (Å²) in [4.78, 5) is 53.2. The van der Waals surface area contributed by atoms with Crippen LogP contribution in [-0.2, 0) is 4.79 Å². The van der Waals surface area contributed by atoms with Gasteiger partial charge < -0.3 is 14.8 Å². The minimum absolute atomic E-state index is 0.00384. The number of carbonyl (C=O) groups is 2. The number of piperidine rings is 2. The second-order valence-electron chi connectivity index (χ2n) is 9.12. The number of hydrogen-bond acceptors (Lipinski definition) is 5. The van der Waals surface area contributed by atoms with Gasteiger partial charge in [-0.05, 0) is 37.8 Å². The van der Waals surface area contributed by atoms with Crippen molar-refractivity contribution in [3.8, 4) is 0 Å². The van der Waals surface area contributed by atoms with Gasteiger partial charge in [0.1, 0.15) is 11.5 Å². The molecule has 32 heavy (non-hydrogen) atoms. The Morgan fingerprint density at radius 1 is 1.06 bits per heavy atom. The van der Waals surface area contributed by atoms with Gasteiger partial charge in [-0.1, -0.05) is 19.9 Å². The van der Waals surface area contributed by atoms with Crippen LogP contribution in [0.15, 0.2) is 35.3 Å². The van der Waals surface area contributed by atoms with Crippen molar-refractivity contribution in [1.82, 2.24) is 24.8 Å². The average molecular weight is 438 g/mol. The molecule has 2 aromatic heterocycles. The minimum Gasteiger partial charge on any atom is -0.342 e. The summed E-state index contributed by atoms with van der Waals surface area (Å²) in [6, 6.07) is 6.90. The molecule has 2 amide bonds. The van der Waals surface area contributed by atoms with Crippen LogP contribution in [-0.4, -0.2) is 62.7 Å². The molecule has 0 bridgehead atoms. The number of H-pyrrole nitrogens is 1. The van der Waals surface area contributed by atoms with Crippen LogP contribution in [0.25, 0.3) is 0 Å². The number of likely N-dealkylation sites (tertiary alicyclic amines) is 2. The highest BCUT2D eigenvalue weighted by Gasteiger charge is 2.30. The second-order valence-corrected chi connectivity index (χ2v) is 9.12. The van der Waals surface area contributed by atoms with Crippen LogP contribution >= 0.6 is 0 Å². The SMILES string of the molecule is CC(C)C(=O)N1CCC(c2nc(C3CCCN(C(=O)c4ccccn4)C3)cc(=O)[nH]2)CC1. The smallest absolute Gasteiger partial charge is 0.272 e. The van der Waals surface area contributed by atoms with E-state index in [1.807, 2.05) is 29.7 Å². The van der Waals surface area contributed by atoms with Gasteiger partial charge in [0.05, 0.1) is 5.69 Å². The number of aromatic amines is 1. The molecule has 0 aromatic carbocycles. The zero-order valence-corrected chi connectivity index (χ0v) is 18.8. The van der Waals surface area contributed by atoms with Crippen molar-refractivity contribution in [3.05, 3.63) is 58.0 Å². The van der Waals surface area contributed by atoms with Gasteiger partial charge in [0.2, 0.25) is 5.91 Å². The van der Waals surface area contributed by atoms with Crippen LogP contribution in [0.1, 0.15) is 73.4 Å². The number of pyridine rings is 1. The van der Waals surface area contributed by atoms with Crippen molar-refractivity contribution in [1.29, 1.82) is 0 Å². The van der Waals surface area contributed by atoms with E-state index in [0.717, 1.165) is 31.4 Å². The predicted molar refractivity (Wildman–Crippen MR) is 120 cm³/mol. The summed E-state index contributed by atoms with van der Waals surface area (Å²) in [5, 5.41) is 0. The van der Waals surface area contributed by atoms with Gasteiger partial charge in [0, 0.05) is 56.2 Å². The van der Waals surface area contributed by atoms with Crippen LogP contribution < -0.4 is 5.56 Å². The molecule has 2 aliphatic rings. The van der Waals surface area contributed by atoms with Crippen LogP contribution in [0.3, 0.4) is 0 Å². The van der Waals surface area contributed by atoms with Gasteiger partial charge in [-0.2, -0.15) is 0 Å². The van der Waals surface area contributed by atoms with Gasteiger partial charge in [-0.3, -0.25) is 19.4 Å². The Morgan fingerprint density at radius 2 is 1.84 bits per heavy atom. The van der Waals surface area contributed by atoms with Crippen molar-refractivity contribution < 1.29 is 9.59 Å². The maximum absolute atomic E-state index is 12.8. The van der Waals surface area contributed by atoms with E-state index >= 15 is 0 Å². The van der Waals surface area contributed by atoms with Gasteiger partial charge in [-0.25, -0.2) is 4.98 Å². The molecule has 4 heterocycles. The number of amides is 2. The number of aromatic nitrogens is 3. The summed E-state index contributed by atoms with van der Waals surface area (Å²) in [6.07, 6.45) is 4.96. The fraction of sp³-hybridized carbons (Fsp3) is 0.542. The first-order chi connectivity index (χ1) is 15.4. The molecule has 4 rings (SSSR count). The summed E-state index contributed by atoms with van der Waals surface area (Å²) in [6.45, 7) is 6.43. The van der Waals surface area contributed by atoms with E-state index in [-0.39, 0.29) is 35.1 Å². The molecule has 2 aromatic rings. The van der Waals surface area contributed by atoms with Crippen LogP contribution in [0.2, 0.25) is 0 Å². The summed E-state index contributed by atoms with van der Waals surface area (Å²) in [5.74, 6) is 0.961. The molecule has 0 aliphatic carbocycles. The van der Waals surface area contributed by atoms with Crippen LogP contribution in [0.4, 0.5) is 0 Å². The molecule has 170 valence electrons. The highest BCUT2D eigenvalue weighted by Crippen LogP contribution is 2.29. The molecule has 8 heteroatoms. The number of nitrogens with one attached hydrogen (secondary N) is 1. The molecule has 2 aliphatic heterocycles. The molecule has 2 saturated heterocycles. The summed E-state index contributed by atoms with van der Waals surface area (Å²) in [5.41, 5.74) is 1.04. The zero-order chi connectivity index (χ0) is 22.7. The normalized spacial score (nSPS) is 19.9. The summed E-state index contributed by atoms with van der Waals surface area (Å²) < 4.78 is 0. The standard InChI is InChI=1S/C24H31N5O3/c1-16(2)23(31)28-12-8-17(9-13-28)22-26-20(14-21(30)27-22)18-6-5-11-29(15-18)24(32)19-7-3-4-10-25-19/h3-4,7,10,14,16-18H,5-6,8-9,11-13,15H2,1-2H3,(H,26,27,30). The van der Waals surface area contributed by atoms with Gasteiger partial charge in [0.15, 0.2) is 0 Å². The maximum atomic E-state index is 12.8. The third-order valence-corrected chi connectivity index (χ3v) is 6.48. The lowest BCUT2D eigenvalue weighted by Gasteiger charge is -2.34. The fourth-order valence-corrected chi connectivity index (χ4v) is 4.69. The van der Waals surface area contributed by atoms with E-state index in [2.05, 4.69) is 9.97 Å². The number of hydrogen-bond donors (Lipinski definition) is 1. The predicted octanol–water partition coefficient (Wildman–Crippen LogP) is 2.55. The van der Waals surface area contributed by atoms with Crippen molar-refractivity contribution in [2.45, 2.75) is 51.4 Å². The molecule has 0 saturated carbocycles. The molecular formula is C24H31N5O3. The number of carbonyl (C=O) groups excluding carboxylic acids is 2. The zero-order valence-electron chi connectivity index (χ0n) is 18.8. The monoisotopic (exact) mass is 437 g/mol. The van der Waals surface area contributed by atoms with E-state index < -0.39 is 0 Å². The first-order valence-electron chi connectivity index (χ1n) is 11.5. The Bertz CT molecular complexity index is 1010. The van der Waals surface area contributed by atoms with Crippen LogP contribution in [0.5, 0.6) is 0 Å². The third-order valence-electron chi connectivity index (χ3n) is 6.48. The van der Waals surface area contributed by atoms with Gasteiger partial charge >= 0.3 is 0 Å². The molecule has 0 spiro atoms. The topological polar surface area (TPSA) is 99.3 Å². The number of rotatable bonds is 4. The van der Waals surface area contributed by atoms with E-state index in [0.29, 0.717) is 37.7 Å². The Kier molecular flexibility index (Phi) is 6.67. The number of nitrogens with zero attached hydrogens (tertiary/aromatic N) is 4. The van der Waals surface area contributed by atoms with Crippen molar-refractivity contribution in [2.75, 3.05) is 26.2 Å². The van der Waals surface area contributed by atoms with Crippen LogP contribution in [0, 0.1) is 5.92 Å². The molecule has 1 atom stereocenters. The van der Waals surface area contributed by atoms with Crippen molar-refractivity contribution in [3.63, 3.8) is 0 Å². The average Bonchev–Trinajstić information content (AvgIpc) is 2.83. The molecule has 8 nitrogen and oxygen atoms in total. The molecule has 1 N–H and O–H groups in total. The lowest BCUT2D eigenvalue weighted by atomic mass is 9.92. The first kappa shape index (κ1) is 22.2. The summed E-state index contributed by atoms with van der Waals surface area (Å²) >= 11 is 0. The Labute approximate surface area is 188 Å². The largest absolute Gasteiger partial charge is 0.342 e. The molecule has 0 radical (unpaired) electrons. The highest BCUT2D eigenvalue weighted by molar-refractivity contribution is 5.92. The molecule has 1 unspecified atom stereocenters. The van der Waals surface area contributed by atoms with Crippen molar-refractivity contribution in [2.24, 2.45) is 5.92 Å². The summed E-state index contributed by atoms with van der Waals surface area (Å²) in [7, 11) is 0. The molecule has 2 fully saturated rings. The van der Waals surface area contributed by atoms with E-state index in [1.165, 1.54) is 0 Å². The lowest BCUT2D eigenvalue weighted by molar-refractivity contribution is -0.135. The fourth-order valence-electron chi connectivity index (χ4n) is 4.69. The van der Waals surface area contributed by atoms with Crippen molar-refractivity contribution >= 4 is 11.8 Å².